The number of aliphatic hydroxyl groups is 1. The molecule has 0 spiro atoms. The first-order valence-corrected chi connectivity index (χ1v) is 8.05. The van der Waals surface area contributed by atoms with Crippen LogP contribution in [0, 0.1) is 0 Å². The van der Waals surface area contributed by atoms with Crippen LogP contribution >= 0.6 is 43.5 Å². The van der Waals surface area contributed by atoms with Crippen molar-refractivity contribution in [3.63, 3.8) is 0 Å². The van der Waals surface area contributed by atoms with E-state index in [4.69, 9.17) is 16.3 Å². The largest absolute Gasteiger partial charge is 0.493 e. The molecule has 0 radical (unpaired) electrons. The van der Waals surface area contributed by atoms with E-state index in [0.29, 0.717) is 17.2 Å². The zero-order valence-corrected chi connectivity index (χ0v) is 14.7. The van der Waals surface area contributed by atoms with E-state index in [9.17, 15) is 5.11 Å². The van der Waals surface area contributed by atoms with Gasteiger partial charge in [0.05, 0.1) is 16.1 Å². The molecule has 1 atom stereocenters. The summed E-state index contributed by atoms with van der Waals surface area (Å²) in [5.74, 6) is 0.754. The van der Waals surface area contributed by atoms with E-state index in [1.54, 1.807) is 0 Å². The molecule has 0 saturated carbocycles. The molecule has 0 amide bonds. The third-order valence-corrected chi connectivity index (χ3v) is 4.78. The molecule has 0 bridgehead atoms. The molecule has 0 aliphatic heterocycles. The summed E-state index contributed by atoms with van der Waals surface area (Å²) in [4.78, 5) is 0. The van der Waals surface area contributed by atoms with E-state index in [0.717, 1.165) is 20.3 Å². The number of aliphatic hydroxyl groups excluding tert-OH is 1. The highest BCUT2D eigenvalue weighted by atomic mass is 79.9. The summed E-state index contributed by atoms with van der Waals surface area (Å²) in [6, 6.07) is 11.0. The third-order valence-electron chi connectivity index (χ3n) is 2.85. The lowest BCUT2D eigenvalue weighted by atomic mass is 10.0. The van der Waals surface area contributed by atoms with Crippen molar-refractivity contribution in [1.82, 2.24) is 0 Å². The van der Waals surface area contributed by atoms with Gasteiger partial charge >= 0.3 is 0 Å². The van der Waals surface area contributed by atoms with Crippen molar-refractivity contribution in [2.75, 3.05) is 6.61 Å². The summed E-state index contributed by atoms with van der Waals surface area (Å²) in [7, 11) is 0. The second-order valence-corrected chi connectivity index (χ2v) is 6.26. The predicted octanol–water partition coefficient (Wildman–Crippen LogP) is 5.35. The summed E-state index contributed by atoms with van der Waals surface area (Å²) >= 11 is 13.0. The SMILES string of the molecule is CCOc1ccc(C(O)c2cccc(Br)c2Cl)cc1Br. The Bertz CT molecular complexity index is 617. The molecule has 0 fully saturated rings. The van der Waals surface area contributed by atoms with Gasteiger partial charge in [-0.3, -0.25) is 0 Å². The van der Waals surface area contributed by atoms with Gasteiger partial charge in [0.1, 0.15) is 11.9 Å². The van der Waals surface area contributed by atoms with Gasteiger partial charge < -0.3 is 9.84 Å². The fourth-order valence-corrected chi connectivity index (χ4v) is 2.99. The number of rotatable bonds is 4. The lowest BCUT2D eigenvalue weighted by Gasteiger charge is -2.15. The van der Waals surface area contributed by atoms with Gasteiger partial charge in [-0.25, -0.2) is 0 Å². The molecule has 0 saturated heterocycles. The summed E-state index contributed by atoms with van der Waals surface area (Å²) < 4.78 is 7.03. The van der Waals surface area contributed by atoms with Crippen LogP contribution in [0.3, 0.4) is 0 Å². The van der Waals surface area contributed by atoms with Gasteiger partial charge in [0.2, 0.25) is 0 Å². The summed E-state index contributed by atoms with van der Waals surface area (Å²) in [5, 5.41) is 11.0. The van der Waals surface area contributed by atoms with Crippen LogP contribution in [0.4, 0.5) is 0 Å². The van der Waals surface area contributed by atoms with Crippen LogP contribution in [0.15, 0.2) is 45.3 Å². The molecule has 106 valence electrons. The van der Waals surface area contributed by atoms with E-state index < -0.39 is 6.10 Å². The van der Waals surface area contributed by atoms with Crippen molar-refractivity contribution in [2.24, 2.45) is 0 Å². The smallest absolute Gasteiger partial charge is 0.133 e. The first-order valence-electron chi connectivity index (χ1n) is 6.08. The van der Waals surface area contributed by atoms with Crippen molar-refractivity contribution >= 4 is 43.5 Å². The molecule has 20 heavy (non-hydrogen) atoms. The molecule has 0 aliphatic rings. The van der Waals surface area contributed by atoms with Gasteiger partial charge in [0.15, 0.2) is 0 Å². The molecule has 2 aromatic rings. The van der Waals surface area contributed by atoms with Crippen LogP contribution in [0.25, 0.3) is 0 Å². The highest BCUT2D eigenvalue weighted by Crippen LogP contribution is 2.35. The van der Waals surface area contributed by atoms with E-state index in [2.05, 4.69) is 31.9 Å². The first-order chi connectivity index (χ1) is 9.54. The Morgan fingerprint density at radius 3 is 2.60 bits per heavy atom. The minimum atomic E-state index is -0.785. The predicted molar refractivity (Wildman–Crippen MR) is 88.5 cm³/mol. The standard InChI is InChI=1S/C15H13Br2ClO2/c1-2-20-13-7-6-9(8-12(13)17)15(19)10-4-3-5-11(16)14(10)18/h3-8,15,19H,2H2,1H3. The monoisotopic (exact) mass is 418 g/mol. The molecule has 0 heterocycles. The Morgan fingerprint density at radius 1 is 1.20 bits per heavy atom. The Balaban J connectivity index is 2.36. The van der Waals surface area contributed by atoms with Crippen LogP contribution in [-0.2, 0) is 0 Å². The maximum Gasteiger partial charge on any atom is 0.133 e. The van der Waals surface area contributed by atoms with Gasteiger partial charge in [-0.1, -0.05) is 29.8 Å². The van der Waals surface area contributed by atoms with E-state index in [-0.39, 0.29) is 0 Å². The Labute approximate surface area is 140 Å². The maximum atomic E-state index is 10.5. The molecule has 2 rings (SSSR count). The Morgan fingerprint density at radius 2 is 1.95 bits per heavy atom. The van der Waals surface area contributed by atoms with E-state index in [1.807, 2.05) is 43.3 Å². The normalized spacial score (nSPS) is 12.2. The number of hydrogen-bond acceptors (Lipinski definition) is 2. The van der Waals surface area contributed by atoms with Crippen LogP contribution < -0.4 is 4.74 Å². The summed E-state index contributed by atoms with van der Waals surface area (Å²) in [5.41, 5.74) is 1.41. The van der Waals surface area contributed by atoms with Crippen LogP contribution in [-0.4, -0.2) is 11.7 Å². The molecular weight excluding hydrogens is 407 g/mol. The Hall–Kier alpha value is -0.550. The van der Waals surface area contributed by atoms with Crippen molar-refractivity contribution in [1.29, 1.82) is 0 Å². The minimum absolute atomic E-state index is 0.519. The zero-order chi connectivity index (χ0) is 14.7. The highest BCUT2D eigenvalue weighted by Gasteiger charge is 2.16. The molecule has 2 aromatic carbocycles. The van der Waals surface area contributed by atoms with Gasteiger partial charge in [-0.05, 0) is 62.5 Å². The van der Waals surface area contributed by atoms with Crippen molar-refractivity contribution in [3.05, 3.63) is 61.5 Å². The summed E-state index contributed by atoms with van der Waals surface area (Å²) in [6.45, 7) is 2.52. The molecule has 0 aromatic heterocycles. The van der Waals surface area contributed by atoms with E-state index >= 15 is 0 Å². The van der Waals surface area contributed by atoms with Gasteiger partial charge in [0, 0.05) is 10.0 Å². The lowest BCUT2D eigenvalue weighted by molar-refractivity contribution is 0.220. The first kappa shape index (κ1) is 15.8. The second kappa shape index (κ2) is 6.94. The zero-order valence-electron chi connectivity index (χ0n) is 10.7. The van der Waals surface area contributed by atoms with Crippen LogP contribution in [0.2, 0.25) is 5.02 Å². The number of ether oxygens (including phenoxy) is 1. The average molecular weight is 421 g/mol. The molecule has 0 aliphatic carbocycles. The number of hydrogen-bond donors (Lipinski definition) is 1. The van der Waals surface area contributed by atoms with Crippen LogP contribution in [0.5, 0.6) is 5.75 Å². The highest BCUT2D eigenvalue weighted by molar-refractivity contribution is 9.10. The number of benzene rings is 2. The van der Waals surface area contributed by atoms with Crippen molar-refractivity contribution in [3.8, 4) is 5.75 Å². The van der Waals surface area contributed by atoms with Crippen LogP contribution in [0.1, 0.15) is 24.2 Å². The molecule has 5 heteroatoms. The molecule has 1 unspecified atom stereocenters. The van der Waals surface area contributed by atoms with Crippen molar-refractivity contribution < 1.29 is 9.84 Å². The number of halogens is 3. The third kappa shape index (κ3) is 3.37. The Kier molecular flexibility index (Phi) is 5.49. The average Bonchev–Trinajstić information content (AvgIpc) is 2.43. The fourth-order valence-electron chi connectivity index (χ4n) is 1.87. The molecule has 2 nitrogen and oxygen atoms in total. The second-order valence-electron chi connectivity index (χ2n) is 4.17. The lowest BCUT2D eigenvalue weighted by Crippen LogP contribution is -2.01. The maximum absolute atomic E-state index is 10.5. The van der Waals surface area contributed by atoms with Crippen molar-refractivity contribution in [2.45, 2.75) is 13.0 Å². The van der Waals surface area contributed by atoms with E-state index in [1.165, 1.54) is 0 Å². The van der Waals surface area contributed by atoms with Gasteiger partial charge in [0.25, 0.3) is 0 Å². The fraction of sp³-hybridized carbons (Fsp3) is 0.200. The molecular formula is C15H13Br2ClO2. The minimum Gasteiger partial charge on any atom is -0.493 e. The van der Waals surface area contributed by atoms with Gasteiger partial charge in [-0.15, -0.1) is 0 Å². The molecule has 1 N–H and O–H groups in total. The van der Waals surface area contributed by atoms with Gasteiger partial charge in [-0.2, -0.15) is 0 Å². The topological polar surface area (TPSA) is 29.5 Å². The summed E-state index contributed by atoms with van der Waals surface area (Å²) in [6.07, 6.45) is -0.785. The quantitative estimate of drug-likeness (QED) is 0.723.